The van der Waals surface area contributed by atoms with Crippen molar-refractivity contribution < 1.29 is 9.53 Å². The molecule has 0 saturated carbocycles. The Morgan fingerprint density at radius 2 is 2.00 bits per heavy atom. The largest absolute Gasteiger partial charge is 0.469 e. The molecule has 2 nitrogen and oxygen atoms in total. The van der Waals surface area contributed by atoms with Gasteiger partial charge in [0.25, 0.3) is 0 Å². The van der Waals surface area contributed by atoms with Gasteiger partial charge in [0.05, 0.1) is 13.0 Å². The normalized spacial score (nSPS) is 13.2. The quantitative estimate of drug-likeness (QED) is 0.586. The summed E-state index contributed by atoms with van der Waals surface area (Å²) in [5.41, 5.74) is 0. The molecule has 0 amide bonds. The molecule has 0 rings (SSSR count). The van der Waals surface area contributed by atoms with Gasteiger partial charge in [-0.05, 0) is 12.3 Å². The summed E-state index contributed by atoms with van der Waals surface area (Å²) in [6.07, 6.45) is 1.97. The van der Waals surface area contributed by atoms with Crippen LogP contribution in [0.1, 0.15) is 33.6 Å². The van der Waals surface area contributed by atoms with Crippen LogP contribution in [0.5, 0.6) is 0 Å². The van der Waals surface area contributed by atoms with Gasteiger partial charge in [-0.25, -0.2) is 0 Å². The fraction of sp³-hybridized carbons (Fsp3) is 0.889. The van der Waals surface area contributed by atoms with Crippen molar-refractivity contribution in [3.63, 3.8) is 0 Å². The lowest BCUT2D eigenvalue weighted by Gasteiger charge is -2.16. The Balaban J connectivity index is 3.98. The number of rotatable bonds is 4. The molecule has 0 N–H and O–H groups in total. The second kappa shape index (κ2) is 5.16. The standard InChI is InChI=1S/C9H18O2/c1-5-6-8(7(2)3)9(10)11-4/h7-8H,5-6H2,1-4H3/t8-/m0/s1. The highest BCUT2D eigenvalue weighted by molar-refractivity contribution is 5.72. The summed E-state index contributed by atoms with van der Waals surface area (Å²) in [5, 5.41) is 0. The zero-order chi connectivity index (χ0) is 8.85. The van der Waals surface area contributed by atoms with Crippen LogP contribution in [0.25, 0.3) is 0 Å². The minimum Gasteiger partial charge on any atom is -0.469 e. The molecule has 1 atom stereocenters. The number of esters is 1. The van der Waals surface area contributed by atoms with Crippen molar-refractivity contribution in [3.8, 4) is 0 Å². The van der Waals surface area contributed by atoms with Crippen LogP contribution in [-0.4, -0.2) is 13.1 Å². The van der Waals surface area contributed by atoms with Gasteiger partial charge in [-0.15, -0.1) is 0 Å². The number of ether oxygens (including phenoxy) is 1. The van der Waals surface area contributed by atoms with Crippen molar-refractivity contribution in [2.24, 2.45) is 11.8 Å². The van der Waals surface area contributed by atoms with Crippen LogP contribution in [0, 0.1) is 11.8 Å². The van der Waals surface area contributed by atoms with Gasteiger partial charge < -0.3 is 4.74 Å². The maximum atomic E-state index is 11.1. The third kappa shape index (κ3) is 3.40. The summed E-state index contributed by atoms with van der Waals surface area (Å²) >= 11 is 0. The van der Waals surface area contributed by atoms with E-state index in [2.05, 4.69) is 25.5 Å². The van der Waals surface area contributed by atoms with E-state index in [4.69, 9.17) is 0 Å². The van der Waals surface area contributed by atoms with Gasteiger partial charge in [-0.3, -0.25) is 4.79 Å². The topological polar surface area (TPSA) is 26.3 Å². The lowest BCUT2D eigenvalue weighted by Crippen LogP contribution is -2.21. The number of hydrogen-bond acceptors (Lipinski definition) is 2. The molecular formula is C9H18O2. The van der Waals surface area contributed by atoms with E-state index in [0.29, 0.717) is 5.92 Å². The molecular weight excluding hydrogens is 140 g/mol. The molecule has 0 aliphatic carbocycles. The molecule has 0 spiro atoms. The number of methoxy groups -OCH3 is 1. The summed E-state index contributed by atoms with van der Waals surface area (Å²) in [5.74, 6) is 0.411. The lowest BCUT2D eigenvalue weighted by molar-refractivity contribution is -0.147. The van der Waals surface area contributed by atoms with Crippen molar-refractivity contribution >= 4 is 5.97 Å². The van der Waals surface area contributed by atoms with Gasteiger partial charge in [-0.1, -0.05) is 27.2 Å². The van der Waals surface area contributed by atoms with E-state index < -0.39 is 0 Å². The van der Waals surface area contributed by atoms with Crippen molar-refractivity contribution in [1.29, 1.82) is 0 Å². The van der Waals surface area contributed by atoms with E-state index in [-0.39, 0.29) is 11.9 Å². The van der Waals surface area contributed by atoms with E-state index in [9.17, 15) is 4.79 Å². The van der Waals surface area contributed by atoms with Gasteiger partial charge in [0.2, 0.25) is 0 Å². The van der Waals surface area contributed by atoms with Crippen molar-refractivity contribution in [2.45, 2.75) is 33.6 Å². The number of carbonyl (C=O) groups excluding carboxylic acids is 1. The minimum atomic E-state index is -0.0677. The Hall–Kier alpha value is -0.530. The molecule has 11 heavy (non-hydrogen) atoms. The summed E-state index contributed by atoms with van der Waals surface area (Å²) in [7, 11) is 1.45. The Morgan fingerprint density at radius 1 is 1.45 bits per heavy atom. The van der Waals surface area contributed by atoms with Gasteiger partial charge in [0, 0.05) is 0 Å². The molecule has 0 aromatic rings. The van der Waals surface area contributed by atoms with Crippen LogP contribution in [-0.2, 0) is 9.53 Å². The van der Waals surface area contributed by atoms with Crippen molar-refractivity contribution in [3.05, 3.63) is 0 Å². The maximum absolute atomic E-state index is 11.1. The average molecular weight is 158 g/mol. The third-order valence-corrected chi connectivity index (χ3v) is 1.91. The van der Waals surface area contributed by atoms with Crippen LogP contribution in [0.3, 0.4) is 0 Å². The number of hydrogen-bond donors (Lipinski definition) is 0. The predicted molar refractivity (Wildman–Crippen MR) is 45.3 cm³/mol. The predicted octanol–water partition coefficient (Wildman–Crippen LogP) is 2.23. The number of carbonyl (C=O) groups is 1. The molecule has 0 aliphatic rings. The average Bonchev–Trinajstić information content (AvgIpc) is 1.98. The molecule has 0 bridgehead atoms. The highest BCUT2D eigenvalue weighted by atomic mass is 16.5. The molecule has 0 aromatic heterocycles. The first-order chi connectivity index (χ1) is 5.13. The Kier molecular flexibility index (Phi) is 4.92. The molecule has 0 unspecified atom stereocenters. The van der Waals surface area contributed by atoms with Gasteiger partial charge in [0.15, 0.2) is 0 Å². The van der Waals surface area contributed by atoms with Gasteiger partial charge in [0.1, 0.15) is 0 Å². The van der Waals surface area contributed by atoms with E-state index in [1.807, 2.05) is 0 Å². The highest BCUT2D eigenvalue weighted by Crippen LogP contribution is 2.17. The first-order valence-corrected chi connectivity index (χ1v) is 4.21. The van der Waals surface area contributed by atoms with E-state index >= 15 is 0 Å². The van der Waals surface area contributed by atoms with Crippen molar-refractivity contribution in [1.82, 2.24) is 0 Å². The molecule has 0 aromatic carbocycles. The third-order valence-electron chi connectivity index (χ3n) is 1.91. The second-order valence-corrected chi connectivity index (χ2v) is 3.16. The van der Waals surface area contributed by atoms with Crippen LogP contribution < -0.4 is 0 Å². The summed E-state index contributed by atoms with van der Waals surface area (Å²) in [6.45, 7) is 6.19. The second-order valence-electron chi connectivity index (χ2n) is 3.16. The van der Waals surface area contributed by atoms with Gasteiger partial charge in [-0.2, -0.15) is 0 Å². The van der Waals surface area contributed by atoms with E-state index in [0.717, 1.165) is 12.8 Å². The van der Waals surface area contributed by atoms with Crippen LogP contribution in [0.15, 0.2) is 0 Å². The fourth-order valence-corrected chi connectivity index (χ4v) is 1.19. The monoisotopic (exact) mass is 158 g/mol. The molecule has 0 fully saturated rings. The molecule has 0 aliphatic heterocycles. The Morgan fingerprint density at radius 3 is 2.27 bits per heavy atom. The highest BCUT2D eigenvalue weighted by Gasteiger charge is 2.21. The summed E-state index contributed by atoms with van der Waals surface area (Å²) in [4.78, 5) is 11.1. The molecule has 2 heteroatoms. The molecule has 0 heterocycles. The molecule has 0 radical (unpaired) electrons. The van der Waals surface area contributed by atoms with Crippen LogP contribution in [0.4, 0.5) is 0 Å². The minimum absolute atomic E-state index is 0.0677. The molecule has 66 valence electrons. The van der Waals surface area contributed by atoms with E-state index in [1.54, 1.807) is 0 Å². The maximum Gasteiger partial charge on any atom is 0.308 e. The smallest absolute Gasteiger partial charge is 0.308 e. The SMILES string of the molecule is CCC[C@H](C(=O)OC)C(C)C. The molecule has 0 saturated heterocycles. The Bertz CT molecular complexity index is 119. The Labute approximate surface area is 68.9 Å². The van der Waals surface area contributed by atoms with Crippen LogP contribution >= 0.6 is 0 Å². The lowest BCUT2D eigenvalue weighted by atomic mass is 9.92. The van der Waals surface area contributed by atoms with E-state index in [1.165, 1.54) is 7.11 Å². The zero-order valence-electron chi connectivity index (χ0n) is 7.89. The summed E-state index contributed by atoms with van der Waals surface area (Å²) in [6, 6.07) is 0. The van der Waals surface area contributed by atoms with Crippen molar-refractivity contribution in [2.75, 3.05) is 7.11 Å². The van der Waals surface area contributed by atoms with Crippen LogP contribution in [0.2, 0.25) is 0 Å². The first kappa shape index (κ1) is 10.5. The van der Waals surface area contributed by atoms with Gasteiger partial charge >= 0.3 is 5.97 Å². The fourth-order valence-electron chi connectivity index (χ4n) is 1.19. The summed E-state index contributed by atoms with van der Waals surface area (Å²) < 4.78 is 4.69. The first-order valence-electron chi connectivity index (χ1n) is 4.21. The zero-order valence-corrected chi connectivity index (χ0v) is 7.89.